The van der Waals surface area contributed by atoms with Gasteiger partial charge in [0.1, 0.15) is 5.56 Å². The summed E-state index contributed by atoms with van der Waals surface area (Å²) in [6.07, 6.45) is 0. The van der Waals surface area contributed by atoms with Gasteiger partial charge in [-0.1, -0.05) is 6.07 Å². The fraction of sp³-hybridized carbons (Fsp3) is 0.286. The minimum absolute atomic E-state index is 0.166. The molecule has 0 fully saturated rings. The van der Waals surface area contributed by atoms with Crippen LogP contribution >= 0.6 is 0 Å². The molecule has 106 valence electrons. The van der Waals surface area contributed by atoms with E-state index in [1.165, 1.54) is 18.9 Å². The maximum atomic E-state index is 11.5. The number of para-hydroxylation sites is 1. The van der Waals surface area contributed by atoms with Crippen LogP contribution in [0.5, 0.6) is 11.5 Å². The van der Waals surface area contributed by atoms with Crippen LogP contribution in [0.1, 0.15) is 16.1 Å². The molecule has 0 saturated carbocycles. The zero-order chi connectivity index (χ0) is 14.9. The van der Waals surface area contributed by atoms with Gasteiger partial charge in [0.15, 0.2) is 11.5 Å². The van der Waals surface area contributed by atoms with Gasteiger partial charge in [-0.05, 0) is 19.1 Å². The number of aromatic nitrogens is 2. The van der Waals surface area contributed by atoms with Crippen LogP contribution in [-0.4, -0.2) is 35.1 Å². The predicted molar refractivity (Wildman–Crippen MR) is 73.4 cm³/mol. The summed E-state index contributed by atoms with van der Waals surface area (Å²) < 4.78 is 12.1. The molecule has 2 rings (SSSR count). The number of carboxylic acid groups (broad SMARTS) is 1. The Bertz CT molecular complexity index is 661. The number of rotatable bonds is 4. The van der Waals surface area contributed by atoms with Gasteiger partial charge in [0.25, 0.3) is 0 Å². The summed E-state index contributed by atoms with van der Waals surface area (Å²) >= 11 is 0. The van der Waals surface area contributed by atoms with Gasteiger partial charge < -0.3 is 14.6 Å². The third kappa shape index (κ3) is 2.09. The molecule has 6 heteroatoms. The molecule has 0 unspecified atom stereocenters. The predicted octanol–water partition coefficient (Wildman–Crippen LogP) is 2.11. The number of hydrogen-bond donors (Lipinski definition) is 1. The van der Waals surface area contributed by atoms with E-state index in [1.54, 1.807) is 32.2 Å². The number of carboxylic acids is 1. The van der Waals surface area contributed by atoms with Crippen LogP contribution in [0.2, 0.25) is 0 Å². The fourth-order valence-corrected chi connectivity index (χ4v) is 2.30. The molecule has 0 bridgehead atoms. The van der Waals surface area contributed by atoms with E-state index in [1.807, 2.05) is 0 Å². The molecule has 1 heterocycles. The van der Waals surface area contributed by atoms with Crippen LogP contribution in [0.3, 0.4) is 0 Å². The van der Waals surface area contributed by atoms with Gasteiger partial charge in [-0.3, -0.25) is 4.68 Å². The first-order valence-electron chi connectivity index (χ1n) is 5.99. The highest BCUT2D eigenvalue weighted by molar-refractivity contribution is 5.97. The van der Waals surface area contributed by atoms with Crippen molar-refractivity contribution in [2.24, 2.45) is 7.05 Å². The van der Waals surface area contributed by atoms with E-state index < -0.39 is 5.97 Å². The summed E-state index contributed by atoms with van der Waals surface area (Å²) in [6, 6.07) is 5.32. The smallest absolute Gasteiger partial charge is 0.339 e. The summed E-state index contributed by atoms with van der Waals surface area (Å²) in [5, 5.41) is 13.6. The van der Waals surface area contributed by atoms with E-state index in [9.17, 15) is 9.90 Å². The molecule has 0 radical (unpaired) electrons. The second-order valence-corrected chi connectivity index (χ2v) is 4.28. The topological polar surface area (TPSA) is 73.6 Å². The first-order chi connectivity index (χ1) is 9.51. The first kappa shape index (κ1) is 13.9. The Morgan fingerprint density at radius 1 is 1.30 bits per heavy atom. The van der Waals surface area contributed by atoms with Gasteiger partial charge in [-0.15, -0.1) is 0 Å². The van der Waals surface area contributed by atoms with Gasteiger partial charge in [-0.25, -0.2) is 4.79 Å². The number of ether oxygens (including phenoxy) is 2. The summed E-state index contributed by atoms with van der Waals surface area (Å²) in [4.78, 5) is 11.5. The number of nitrogens with zero attached hydrogens (tertiary/aromatic N) is 2. The Morgan fingerprint density at radius 3 is 2.55 bits per heavy atom. The van der Waals surface area contributed by atoms with E-state index in [2.05, 4.69) is 5.10 Å². The summed E-state index contributed by atoms with van der Waals surface area (Å²) in [5.41, 5.74) is 1.75. The van der Waals surface area contributed by atoms with E-state index in [0.29, 0.717) is 28.5 Å². The van der Waals surface area contributed by atoms with Gasteiger partial charge >= 0.3 is 5.97 Å². The Labute approximate surface area is 116 Å². The molecule has 0 saturated heterocycles. The Morgan fingerprint density at radius 2 is 2.00 bits per heavy atom. The highest BCUT2D eigenvalue weighted by atomic mass is 16.5. The largest absolute Gasteiger partial charge is 0.493 e. The van der Waals surface area contributed by atoms with E-state index in [-0.39, 0.29) is 5.56 Å². The zero-order valence-corrected chi connectivity index (χ0v) is 11.8. The molecule has 0 spiro atoms. The first-order valence-corrected chi connectivity index (χ1v) is 5.99. The maximum Gasteiger partial charge on any atom is 0.339 e. The van der Waals surface area contributed by atoms with Crippen molar-refractivity contribution < 1.29 is 19.4 Å². The molecule has 1 aromatic carbocycles. The van der Waals surface area contributed by atoms with Crippen molar-refractivity contribution in [2.45, 2.75) is 6.92 Å². The molecule has 2 aromatic rings. The normalized spacial score (nSPS) is 10.4. The number of benzene rings is 1. The van der Waals surface area contributed by atoms with Crippen LogP contribution in [0.25, 0.3) is 11.3 Å². The Kier molecular flexibility index (Phi) is 3.65. The molecule has 0 aliphatic carbocycles. The second kappa shape index (κ2) is 5.24. The molecular formula is C14H16N2O4. The Balaban J connectivity index is 2.78. The molecule has 6 nitrogen and oxygen atoms in total. The lowest BCUT2D eigenvalue weighted by atomic mass is 10.0. The third-order valence-electron chi connectivity index (χ3n) is 3.09. The van der Waals surface area contributed by atoms with Crippen LogP contribution in [0, 0.1) is 6.92 Å². The van der Waals surface area contributed by atoms with E-state index in [4.69, 9.17) is 9.47 Å². The zero-order valence-electron chi connectivity index (χ0n) is 11.8. The second-order valence-electron chi connectivity index (χ2n) is 4.28. The lowest BCUT2D eigenvalue weighted by Crippen LogP contribution is -2.03. The molecule has 0 aliphatic heterocycles. The number of aryl methyl sites for hydroxylation is 2. The molecular weight excluding hydrogens is 260 g/mol. The molecule has 1 N–H and O–H groups in total. The lowest BCUT2D eigenvalue weighted by Gasteiger charge is -2.13. The van der Waals surface area contributed by atoms with Gasteiger partial charge in [-0.2, -0.15) is 5.10 Å². The van der Waals surface area contributed by atoms with Gasteiger partial charge in [0.2, 0.25) is 0 Å². The van der Waals surface area contributed by atoms with Gasteiger partial charge in [0.05, 0.1) is 25.6 Å². The number of methoxy groups -OCH3 is 2. The highest BCUT2D eigenvalue weighted by Crippen LogP contribution is 2.39. The average Bonchev–Trinajstić information content (AvgIpc) is 2.72. The van der Waals surface area contributed by atoms with Gasteiger partial charge in [0, 0.05) is 12.6 Å². The minimum Gasteiger partial charge on any atom is -0.493 e. The maximum absolute atomic E-state index is 11.5. The van der Waals surface area contributed by atoms with Crippen LogP contribution in [-0.2, 0) is 7.05 Å². The van der Waals surface area contributed by atoms with Crippen LogP contribution in [0.4, 0.5) is 0 Å². The number of aromatic carboxylic acids is 1. The number of hydrogen-bond acceptors (Lipinski definition) is 4. The Hall–Kier alpha value is -2.50. The third-order valence-corrected chi connectivity index (χ3v) is 3.09. The SMILES string of the molecule is COc1cccc(-c2c(C(=O)O)c(C)nn2C)c1OC. The van der Waals surface area contributed by atoms with Crippen molar-refractivity contribution >= 4 is 5.97 Å². The lowest BCUT2D eigenvalue weighted by molar-refractivity contribution is 0.0697. The molecule has 1 aromatic heterocycles. The van der Waals surface area contributed by atoms with Crippen LogP contribution < -0.4 is 9.47 Å². The van der Waals surface area contributed by atoms with Crippen LogP contribution in [0.15, 0.2) is 18.2 Å². The summed E-state index contributed by atoms with van der Waals surface area (Å²) in [7, 11) is 4.76. The fourth-order valence-electron chi connectivity index (χ4n) is 2.30. The van der Waals surface area contributed by atoms with E-state index >= 15 is 0 Å². The summed E-state index contributed by atoms with van der Waals surface area (Å²) in [5.74, 6) is 0.0103. The van der Waals surface area contributed by atoms with Crippen molar-refractivity contribution in [3.05, 3.63) is 29.5 Å². The quantitative estimate of drug-likeness (QED) is 0.925. The van der Waals surface area contributed by atoms with Crippen molar-refractivity contribution in [1.82, 2.24) is 9.78 Å². The monoisotopic (exact) mass is 276 g/mol. The average molecular weight is 276 g/mol. The standard InChI is InChI=1S/C14H16N2O4/c1-8-11(14(17)18)12(16(2)15-8)9-6-5-7-10(19-3)13(9)20-4/h5-7H,1-4H3,(H,17,18). The number of carbonyl (C=O) groups is 1. The molecule has 0 amide bonds. The molecule has 0 atom stereocenters. The van der Waals surface area contributed by atoms with Crippen molar-refractivity contribution in [3.63, 3.8) is 0 Å². The van der Waals surface area contributed by atoms with Crippen molar-refractivity contribution in [1.29, 1.82) is 0 Å². The van der Waals surface area contributed by atoms with Crippen molar-refractivity contribution in [2.75, 3.05) is 14.2 Å². The van der Waals surface area contributed by atoms with E-state index in [0.717, 1.165) is 0 Å². The minimum atomic E-state index is -1.02. The summed E-state index contributed by atoms with van der Waals surface area (Å²) in [6.45, 7) is 1.67. The molecule has 0 aliphatic rings. The van der Waals surface area contributed by atoms with Crippen molar-refractivity contribution in [3.8, 4) is 22.8 Å². The highest BCUT2D eigenvalue weighted by Gasteiger charge is 2.24. The molecule has 20 heavy (non-hydrogen) atoms.